The van der Waals surface area contributed by atoms with E-state index in [0.717, 1.165) is 44.8 Å². The Morgan fingerprint density at radius 3 is 1.27 bits per heavy atom. The van der Waals surface area contributed by atoms with Gasteiger partial charge in [-0.05, 0) is 84.0 Å². The normalized spacial score (nSPS) is 13.9. The first-order chi connectivity index (χ1) is 40.7. The molecule has 82 heavy (non-hydrogen) atoms. The van der Waals surface area contributed by atoms with Crippen molar-refractivity contribution in [2.75, 3.05) is 0 Å². The lowest BCUT2D eigenvalue weighted by molar-refractivity contribution is 1.14. The van der Waals surface area contributed by atoms with Gasteiger partial charge in [0.05, 0.1) is 39.1 Å². The van der Waals surface area contributed by atoms with Crippen molar-refractivity contribution in [3.8, 4) is 45.3 Å². The van der Waals surface area contributed by atoms with Crippen LogP contribution in [0.2, 0.25) is 0 Å². The summed E-state index contributed by atoms with van der Waals surface area (Å²) in [6.45, 7) is 0. The van der Waals surface area contributed by atoms with Gasteiger partial charge < -0.3 is 9.13 Å². The van der Waals surface area contributed by atoms with Gasteiger partial charge in [0.1, 0.15) is 0 Å². The molecule has 6 heteroatoms. The molecule has 1 unspecified atom stereocenters. The molecule has 384 valence electrons. The summed E-state index contributed by atoms with van der Waals surface area (Å²) in [6.07, 6.45) is 0. The molecule has 15 aromatic rings. The monoisotopic (exact) mass is 1080 g/mol. The quantitative estimate of drug-likeness (QED) is 0.101. The number of hydrogen-bond donors (Lipinski definition) is 0. The lowest BCUT2D eigenvalue weighted by atomic mass is 10.1. The van der Waals surface area contributed by atoms with Crippen molar-refractivity contribution in [2.24, 2.45) is 0 Å². The number of benzene rings is 12. The lowest BCUT2D eigenvalue weighted by Crippen LogP contribution is -2.76. The Morgan fingerprint density at radius 1 is 0.293 bits per heavy atom. The number of para-hydroxylation sites is 6. The van der Waals surface area contributed by atoms with Gasteiger partial charge in [-0.3, -0.25) is 0 Å². The van der Waals surface area contributed by atoms with Crippen LogP contribution >= 0.6 is 0 Å². The van der Waals surface area contributed by atoms with Gasteiger partial charge in [-0.15, -0.1) is 0 Å². The van der Waals surface area contributed by atoms with Crippen LogP contribution in [-0.2, 0) is 0 Å². The molecule has 4 heterocycles. The fraction of sp³-hybridized carbons (Fsp3) is 0. The summed E-state index contributed by atoms with van der Waals surface area (Å²) in [5.74, 6) is 0.663. The highest BCUT2D eigenvalue weighted by atomic mass is 28.3. The molecular weight excluding hydrogens is 1030 g/mol. The largest absolute Gasteiger partial charge is 0.309 e. The number of hydrogen-bond acceptors (Lipinski definition) is 2. The topological polar surface area (TPSA) is 35.6 Å². The molecule has 12 aromatic carbocycles. The van der Waals surface area contributed by atoms with Crippen LogP contribution in [0.4, 0.5) is 0 Å². The molecule has 0 N–H and O–H groups in total. The first-order valence-corrected chi connectivity index (χ1v) is 32.2. The van der Waals surface area contributed by atoms with Crippen molar-refractivity contribution in [2.45, 2.75) is 0 Å². The van der Waals surface area contributed by atoms with Gasteiger partial charge in [0, 0.05) is 43.9 Å². The fourth-order valence-corrected chi connectivity index (χ4v) is 23.8. The number of nitrogens with zero attached hydrogens (tertiary/aromatic N) is 4. The highest BCUT2D eigenvalue weighted by Gasteiger charge is 2.48. The second-order valence-electron chi connectivity index (χ2n) is 21.5. The molecule has 0 amide bonds. The fourth-order valence-electron chi connectivity index (χ4n) is 13.9. The van der Waals surface area contributed by atoms with Crippen LogP contribution in [0.1, 0.15) is 0 Å². The molecule has 0 radical (unpaired) electrons. The minimum atomic E-state index is -2.95. The lowest BCUT2D eigenvalue weighted by Gasteiger charge is -2.39. The molecule has 0 saturated heterocycles. The molecule has 0 saturated carbocycles. The van der Waals surface area contributed by atoms with Crippen molar-refractivity contribution in [1.82, 2.24) is 19.1 Å². The van der Waals surface area contributed by atoms with E-state index in [1.54, 1.807) is 0 Å². The maximum absolute atomic E-state index is 5.64. The van der Waals surface area contributed by atoms with Crippen molar-refractivity contribution in [3.63, 3.8) is 0 Å². The Bertz CT molecular complexity index is 4750. The molecule has 1 aliphatic heterocycles. The van der Waals surface area contributed by atoms with E-state index in [1.807, 2.05) is 0 Å². The maximum Gasteiger partial charge on any atom is 0.184 e. The summed E-state index contributed by atoms with van der Waals surface area (Å²) in [7, 11) is -5.74. The zero-order chi connectivity index (χ0) is 54.2. The van der Waals surface area contributed by atoms with E-state index >= 15 is 0 Å². The molecule has 0 aliphatic carbocycles. The Balaban J connectivity index is 0.906. The predicted octanol–water partition coefficient (Wildman–Crippen LogP) is 12.7. The van der Waals surface area contributed by atoms with Crippen molar-refractivity contribution < 1.29 is 0 Å². The summed E-state index contributed by atoms with van der Waals surface area (Å²) >= 11 is 0. The molecule has 3 aromatic heterocycles. The van der Waals surface area contributed by atoms with Gasteiger partial charge in [0.25, 0.3) is 0 Å². The minimum Gasteiger partial charge on any atom is -0.309 e. The van der Waals surface area contributed by atoms with E-state index in [1.165, 1.54) is 79.8 Å². The zero-order valence-electron chi connectivity index (χ0n) is 44.8. The molecule has 0 fully saturated rings. The molecule has 1 aliphatic rings. The summed E-state index contributed by atoms with van der Waals surface area (Å²) in [4.78, 5) is 11.3. The van der Waals surface area contributed by atoms with Gasteiger partial charge in [-0.1, -0.05) is 273 Å². The Kier molecular flexibility index (Phi) is 11.2. The average molecular weight is 1080 g/mol. The summed E-state index contributed by atoms with van der Waals surface area (Å²) in [5.41, 5.74) is 11.8. The van der Waals surface area contributed by atoms with Gasteiger partial charge in [0.15, 0.2) is 22.0 Å². The molecule has 0 bridgehead atoms. The minimum absolute atomic E-state index is 0.663. The standard InChI is InChI=1S/C76H52N4Si2/c1-5-24-55(25-6-1)81(56-26-7-2-8-27-56,57-28-9-3-10-29-57)59-48-44-53(45-49-59)66-52-67(78-76(77-66)65-35-16-20-40-71(65)79-68-37-17-13-32-61(68)62-33-14-18-38-69(62)79)54-46-50-60(51-47-54)82(58-30-11-4-12-31-58)73-42-22-21-41-72(73)80-70-39-19-15-34-63(70)64-36-23-43-74(82)75(64)80/h1-52H. The second-order valence-corrected chi connectivity index (χ2v) is 29.1. The predicted molar refractivity (Wildman–Crippen MR) is 348 cm³/mol. The van der Waals surface area contributed by atoms with Gasteiger partial charge in [-0.25, -0.2) is 9.97 Å². The molecular formula is C76H52N4Si2. The summed E-state index contributed by atoms with van der Waals surface area (Å²) in [6, 6.07) is 117. The number of rotatable bonds is 10. The van der Waals surface area contributed by atoms with Crippen LogP contribution in [0, 0.1) is 0 Å². The first kappa shape index (κ1) is 47.7. The highest BCUT2D eigenvalue weighted by Crippen LogP contribution is 2.38. The van der Waals surface area contributed by atoms with Crippen LogP contribution in [0.25, 0.3) is 88.9 Å². The van der Waals surface area contributed by atoms with Crippen molar-refractivity contribution >= 4 is 101 Å². The van der Waals surface area contributed by atoms with Crippen LogP contribution in [0.5, 0.6) is 0 Å². The maximum atomic E-state index is 5.64. The average Bonchev–Trinajstić information content (AvgIpc) is 3.24. The highest BCUT2D eigenvalue weighted by molar-refractivity contribution is 7.21. The number of fused-ring (bicyclic) bond motifs is 8. The third-order valence-electron chi connectivity index (χ3n) is 17.4. The first-order valence-electron chi connectivity index (χ1n) is 28.2. The van der Waals surface area contributed by atoms with E-state index in [9.17, 15) is 0 Å². The molecule has 4 nitrogen and oxygen atoms in total. The van der Waals surface area contributed by atoms with E-state index in [-0.39, 0.29) is 0 Å². The Morgan fingerprint density at radius 2 is 0.695 bits per heavy atom. The molecule has 1 atom stereocenters. The Hall–Kier alpha value is -10.2. The summed E-state index contributed by atoms with van der Waals surface area (Å²) in [5, 5.41) is 15.8. The molecule has 16 rings (SSSR count). The third kappa shape index (κ3) is 7.15. The number of aromatic nitrogens is 4. The molecule has 0 spiro atoms. The Labute approximate surface area is 478 Å². The van der Waals surface area contributed by atoms with E-state index in [0.29, 0.717) is 5.82 Å². The SMILES string of the molecule is c1ccc([Si](c2ccccc2)(c2ccccc2)c2ccc(-c3cc(-c4ccc([Si]5(c6ccccc6)c6ccccc6-n6c7ccccc7c7cccc5c76)cc4)nc(-c4ccccc4-n4c5ccccc5c5ccccc54)n3)cc2)cc1. The van der Waals surface area contributed by atoms with Crippen molar-refractivity contribution in [1.29, 1.82) is 0 Å². The van der Waals surface area contributed by atoms with Crippen molar-refractivity contribution in [3.05, 3.63) is 315 Å². The van der Waals surface area contributed by atoms with Crippen LogP contribution in [0.15, 0.2) is 315 Å². The van der Waals surface area contributed by atoms with Crippen LogP contribution < -0.4 is 41.5 Å². The van der Waals surface area contributed by atoms with Gasteiger partial charge >= 0.3 is 0 Å². The van der Waals surface area contributed by atoms with Gasteiger partial charge in [-0.2, -0.15) is 0 Å². The zero-order valence-corrected chi connectivity index (χ0v) is 46.8. The van der Waals surface area contributed by atoms with E-state index in [4.69, 9.17) is 9.97 Å². The third-order valence-corrected chi connectivity index (χ3v) is 27.0. The van der Waals surface area contributed by atoms with Gasteiger partial charge in [0.2, 0.25) is 0 Å². The van der Waals surface area contributed by atoms with E-state index < -0.39 is 16.1 Å². The smallest absolute Gasteiger partial charge is 0.184 e. The van der Waals surface area contributed by atoms with Crippen LogP contribution in [-0.4, -0.2) is 35.2 Å². The summed E-state index contributed by atoms with van der Waals surface area (Å²) < 4.78 is 4.91. The second kappa shape index (κ2) is 19.2. The van der Waals surface area contributed by atoms with Crippen LogP contribution in [0.3, 0.4) is 0 Å². The van der Waals surface area contributed by atoms with E-state index in [2.05, 4.69) is 325 Å².